The molecule has 14 nitrogen and oxygen atoms in total. The summed E-state index contributed by atoms with van der Waals surface area (Å²) in [5, 5.41) is 2.56. The number of rotatable bonds is 4. The number of carbonyl (C=O) groups is 1. The molecule has 7 rings (SSSR count). The lowest BCUT2D eigenvalue weighted by Crippen LogP contribution is -2.17. The molecule has 0 spiro atoms. The SMILES string of the molecule is CNC(=O)c1ccc(C)cc1.Cc1ccc(OCC(C)C)cc1.Cc1ccccn1.Cc1cccnc1.Cc1cncnc1.Cc1nc(N)nc(N)n1.Cc1ncccn1. The first-order chi connectivity index (χ1) is 28.7. The molecule has 5 N–H and O–H groups in total. The minimum Gasteiger partial charge on any atom is -0.493 e. The zero-order valence-corrected chi connectivity index (χ0v) is 36.5. The number of anilines is 2. The number of aryl methyl sites for hydroxylation is 7. The molecule has 7 aromatic rings. The molecule has 0 saturated heterocycles. The van der Waals surface area contributed by atoms with E-state index >= 15 is 0 Å². The molecule has 1 amide bonds. The van der Waals surface area contributed by atoms with Gasteiger partial charge in [0.25, 0.3) is 5.91 Å². The summed E-state index contributed by atoms with van der Waals surface area (Å²) in [4.78, 5) is 45.1. The monoisotopic (exact) mass is 812 g/mol. The average Bonchev–Trinajstić information content (AvgIpc) is 3.23. The van der Waals surface area contributed by atoms with E-state index in [0.29, 0.717) is 17.3 Å². The third kappa shape index (κ3) is 27.4. The fraction of sp³-hybridized carbons (Fsp3) is 0.261. The van der Waals surface area contributed by atoms with Crippen molar-refractivity contribution in [2.24, 2.45) is 5.92 Å². The van der Waals surface area contributed by atoms with E-state index in [-0.39, 0.29) is 17.8 Å². The Balaban J connectivity index is 0.000000354. The van der Waals surface area contributed by atoms with E-state index in [4.69, 9.17) is 16.2 Å². The van der Waals surface area contributed by atoms with Gasteiger partial charge < -0.3 is 21.5 Å². The summed E-state index contributed by atoms with van der Waals surface area (Å²) in [6, 6.07) is 27.2. The normalized spacial score (nSPS) is 9.25. The number of nitrogens with two attached hydrogens (primary N) is 2. The number of nitrogens with one attached hydrogen (secondary N) is 1. The van der Waals surface area contributed by atoms with Crippen molar-refractivity contribution in [2.75, 3.05) is 25.1 Å². The van der Waals surface area contributed by atoms with Crippen LogP contribution in [0.15, 0.2) is 135 Å². The van der Waals surface area contributed by atoms with Gasteiger partial charge in [0, 0.05) is 61.7 Å². The van der Waals surface area contributed by atoms with Crippen LogP contribution in [0.25, 0.3) is 0 Å². The van der Waals surface area contributed by atoms with Crippen molar-refractivity contribution in [3.05, 3.63) is 180 Å². The molecular weight excluding hydrogens is 753 g/mol. The van der Waals surface area contributed by atoms with Crippen LogP contribution >= 0.6 is 0 Å². The summed E-state index contributed by atoms with van der Waals surface area (Å²) in [5.41, 5.74) is 17.0. The summed E-state index contributed by atoms with van der Waals surface area (Å²) in [6.07, 6.45) is 13.9. The molecule has 0 atom stereocenters. The first-order valence-corrected chi connectivity index (χ1v) is 19.1. The largest absolute Gasteiger partial charge is 0.493 e. The molecule has 0 unspecified atom stereocenters. The van der Waals surface area contributed by atoms with Crippen molar-refractivity contribution in [1.29, 1.82) is 0 Å². The van der Waals surface area contributed by atoms with Gasteiger partial charge in [0.15, 0.2) is 0 Å². The summed E-state index contributed by atoms with van der Waals surface area (Å²) in [6.45, 7) is 18.7. The molecule has 0 radical (unpaired) electrons. The summed E-state index contributed by atoms with van der Waals surface area (Å²) >= 11 is 0. The van der Waals surface area contributed by atoms with Gasteiger partial charge in [0.05, 0.1) is 6.61 Å². The van der Waals surface area contributed by atoms with Crippen LogP contribution in [0.2, 0.25) is 0 Å². The fourth-order valence-electron chi connectivity index (χ4n) is 3.91. The Hall–Kier alpha value is -7.22. The van der Waals surface area contributed by atoms with Gasteiger partial charge in [0.1, 0.15) is 23.7 Å². The molecule has 0 saturated carbocycles. The Labute approximate surface area is 355 Å². The number of hydrogen-bond acceptors (Lipinski definition) is 13. The van der Waals surface area contributed by atoms with Crippen LogP contribution in [0.3, 0.4) is 0 Å². The number of benzene rings is 2. The van der Waals surface area contributed by atoms with Gasteiger partial charge in [-0.25, -0.2) is 19.9 Å². The van der Waals surface area contributed by atoms with Crippen molar-refractivity contribution in [3.63, 3.8) is 0 Å². The molecule has 0 aliphatic rings. The third-order valence-corrected chi connectivity index (χ3v) is 6.93. The Bertz CT molecular complexity index is 1910. The highest BCUT2D eigenvalue weighted by Crippen LogP contribution is 2.12. The smallest absolute Gasteiger partial charge is 0.251 e. The predicted molar refractivity (Wildman–Crippen MR) is 241 cm³/mol. The van der Waals surface area contributed by atoms with E-state index in [1.54, 1.807) is 57.2 Å². The summed E-state index contributed by atoms with van der Waals surface area (Å²) in [5.74, 6) is 3.22. The molecule has 5 heterocycles. The first-order valence-electron chi connectivity index (χ1n) is 19.1. The predicted octanol–water partition coefficient (Wildman–Crippen LogP) is 8.08. The molecule has 316 valence electrons. The second kappa shape index (κ2) is 30.9. The maximum atomic E-state index is 11.0. The van der Waals surface area contributed by atoms with Gasteiger partial charge in [-0.1, -0.05) is 61.4 Å². The first kappa shape index (κ1) is 50.8. The molecule has 5 aromatic heterocycles. The number of ether oxygens (including phenoxy) is 1. The van der Waals surface area contributed by atoms with Gasteiger partial charge in [-0.3, -0.25) is 14.8 Å². The Morgan fingerprint density at radius 2 is 1.13 bits per heavy atom. The van der Waals surface area contributed by atoms with E-state index in [1.165, 1.54) is 17.5 Å². The number of nitrogens with zero attached hydrogens (tertiary/aromatic N) is 9. The zero-order chi connectivity index (χ0) is 44.5. The Kier molecular flexibility index (Phi) is 26.1. The maximum absolute atomic E-state index is 11.0. The highest BCUT2D eigenvalue weighted by Gasteiger charge is 2.00. The highest BCUT2D eigenvalue weighted by molar-refractivity contribution is 5.93. The Morgan fingerprint density at radius 1 is 0.583 bits per heavy atom. The van der Waals surface area contributed by atoms with Gasteiger partial charge in [-0.05, 0) is 114 Å². The van der Waals surface area contributed by atoms with Crippen molar-refractivity contribution < 1.29 is 9.53 Å². The van der Waals surface area contributed by atoms with Crippen LogP contribution in [-0.4, -0.2) is 64.4 Å². The third-order valence-electron chi connectivity index (χ3n) is 6.93. The molecule has 0 aliphatic heterocycles. The van der Waals surface area contributed by atoms with Crippen molar-refractivity contribution >= 4 is 17.8 Å². The van der Waals surface area contributed by atoms with E-state index in [2.05, 4.69) is 83.1 Å². The van der Waals surface area contributed by atoms with Gasteiger partial charge in [-0.2, -0.15) is 15.0 Å². The van der Waals surface area contributed by atoms with Gasteiger partial charge in [0.2, 0.25) is 11.9 Å². The molecule has 0 aliphatic carbocycles. The van der Waals surface area contributed by atoms with Gasteiger partial charge >= 0.3 is 0 Å². The lowest BCUT2D eigenvalue weighted by atomic mass is 10.1. The Morgan fingerprint density at radius 3 is 1.48 bits per heavy atom. The quantitative estimate of drug-likeness (QED) is 0.154. The molecular formula is C46H60N12O2. The van der Waals surface area contributed by atoms with E-state index < -0.39 is 0 Å². The highest BCUT2D eigenvalue weighted by atomic mass is 16.5. The van der Waals surface area contributed by atoms with E-state index in [0.717, 1.165) is 35.0 Å². The van der Waals surface area contributed by atoms with E-state index in [1.807, 2.05) is 108 Å². The number of amides is 1. The van der Waals surface area contributed by atoms with Crippen LogP contribution in [0, 0.1) is 54.4 Å². The van der Waals surface area contributed by atoms with Crippen LogP contribution < -0.4 is 21.5 Å². The fourth-order valence-corrected chi connectivity index (χ4v) is 3.91. The minimum absolute atomic E-state index is 0.0370. The molecule has 2 aromatic carbocycles. The molecule has 0 bridgehead atoms. The minimum atomic E-state index is -0.0370. The van der Waals surface area contributed by atoms with Crippen molar-refractivity contribution in [2.45, 2.75) is 62.3 Å². The lowest BCUT2D eigenvalue weighted by molar-refractivity contribution is 0.0963. The second-order valence-corrected chi connectivity index (χ2v) is 13.3. The average molecular weight is 813 g/mol. The molecule has 60 heavy (non-hydrogen) atoms. The topological polar surface area (TPSA) is 206 Å². The maximum Gasteiger partial charge on any atom is 0.251 e. The number of pyridine rings is 2. The molecule has 0 fully saturated rings. The zero-order valence-electron chi connectivity index (χ0n) is 36.5. The van der Waals surface area contributed by atoms with Gasteiger partial charge in [-0.15, -0.1) is 0 Å². The van der Waals surface area contributed by atoms with Crippen LogP contribution in [0.5, 0.6) is 5.75 Å². The number of nitrogen functional groups attached to an aromatic ring is 2. The second-order valence-electron chi connectivity index (χ2n) is 13.3. The number of hydrogen-bond donors (Lipinski definition) is 3. The van der Waals surface area contributed by atoms with E-state index in [9.17, 15) is 4.79 Å². The van der Waals surface area contributed by atoms with Crippen molar-refractivity contribution in [1.82, 2.24) is 50.2 Å². The molecule has 14 heteroatoms. The van der Waals surface area contributed by atoms with Crippen LogP contribution in [-0.2, 0) is 0 Å². The standard InChI is InChI=1S/C11H16O.C9H11NO.2C6H7N.2C5H6N2.C4H7N5/c1-9(2)8-12-11-6-4-10(3)5-7-11;1-7-3-5-8(6-4-7)9(11)10-2;1-6-3-2-4-7-5-6;1-6-4-2-3-5-7-6;1-5-2-6-4-7-3-5;1-5-6-3-2-4-7-5;1-2-7-3(5)9-4(6)8-2/h4-7,9H,8H2,1-3H3;3-6H,1-2H3,(H,10,11);2*2-5H,1H3;2*2-4H,1H3;1H3,(H4,5,6,7,8,9). The summed E-state index contributed by atoms with van der Waals surface area (Å²) in [7, 11) is 1.63. The van der Waals surface area contributed by atoms with Crippen LogP contribution in [0.1, 0.15) is 63.8 Å². The number of carbonyl (C=O) groups excluding carboxylic acids is 1. The number of aromatic nitrogens is 9. The summed E-state index contributed by atoms with van der Waals surface area (Å²) < 4.78 is 5.52. The lowest BCUT2D eigenvalue weighted by Gasteiger charge is -2.08. The van der Waals surface area contributed by atoms with Crippen molar-refractivity contribution in [3.8, 4) is 5.75 Å². The van der Waals surface area contributed by atoms with Crippen LogP contribution in [0.4, 0.5) is 11.9 Å².